The van der Waals surface area contributed by atoms with Gasteiger partial charge in [0, 0.05) is 11.8 Å². The molecule has 0 amide bonds. The number of ether oxygens (including phenoxy) is 1. The van der Waals surface area contributed by atoms with Gasteiger partial charge in [0.2, 0.25) is 5.88 Å². The van der Waals surface area contributed by atoms with Crippen LogP contribution in [0.1, 0.15) is 29.9 Å². The molecule has 0 atom stereocenters. The summed E-state index contributed by atoms with van der Waals surface area (Å²) in [5.74, 6) is 2.29. The van der Waals surface area contributed by atoms with Crippen LogP contribution < -0.4 is 4.74 Å². The van der Waals surface area contributed by atoms with Gasteiger partial charge < -0.3 is 4.74 Å². The number of pyridine rings is 1. The first-order valence-electron chi connectivity index (χ1n) is 6.02. The van der Waals surface area contributed by atoms with Crippen molar-refractivity contribution in [1.29, 1.82) is 0 Å². The maximum absolute atomic E-state index is 5.88. The minimum atomic E-state index is 0.656. The van der Waals surface area contributed by atoms with E-state index in [2.05, 4.69) is 24.0 Å². The Morgan fingerprint density at radius 2 is 2.06 bits per heavy atom. The summed E-state index contributed by atoms with van der Waals surface area (Å²) in [7, 11) is 0. The van der Waals surface area contributed by atoms with Crippen molar-refractivity contribution in [3.8, 4) is 11.6 Å². The van der Waals surface area contributed by atoms with Crippen molar-refractivity contribution in [2.24, 2.45) is 0 Å². The summed E-state index contributed by atoms with van der Waals surface area (Å²) in [6.45, 7) is 2.06. The lowest BCUT2D eigenvalue weighted by molar-refractivity contribution is 0.456. The highest BCUT2D eigenvalue weighted by Gasteiger charge is 2.27. The number of hydrogen-bond acceptors (Lipinski definition) is 2. The molecule has 0 radical (unpaired) electrons. The zero-order valence-electron chi connectivity index (χ0n) is 9.89. The van der Waals surface area contributed by atoms with Crippen LogP contribution in [0, 0.1) is 6.92 Å². The van der Waals surface area contributed by atoms with E-state index in [9.17, 15) is 0 Å². The summed E-state index contributed by atoms with van der Waals surface area (Å²) >= 11 is 0. The zero-order valence-corrected chi connectivity index (χ0v) is 9.89. The van der Waals surface area contributed by atoms with Gasteiger partial charge >= 0.3 is 0 Å². The Hall–Kier alpha value is -1.83. The van der Waals surface area contributed by atoms with Crippen LogP contribution in [0.4, 0.5) is 0 Å². The molecule has 0 bridgehead atoms. The van der Waals surface area contributed by atoms with Crippen molar-refractivity contribution < 1.29 is 4.74 Å². The molecule has 1 saturated carbocycles. The van der Waals surface area contributed by atoms with Crippen LogP contribution in [0.15, 0.2) is 42.6 Å². The molecule has 2 aromatic rings. The molecule has 1 fully saturated rings. The molecule has 86 valence electrons. The number of hydrogen-bond donors (Lipinski definition) is 0. The monoisotopic (exact) mass is 225 g/mol. The molecule has 1 aromatic heterocycles. The normalized spacial score (nSPS) is 14.6. The number of aromatic nitrogens is 1. The summed E-state index contributed by atoms with van der Waals surface area (Å²) in [6.07, 6.45) is 4.31. The van der Waals surface area contributed by atoms with E-state index in [0.717, 1.165) is 11.6 Å². The third kappa shape index (κ3) is 2.31. The maximum atomic E-state index is 5.88. The molecule has 1 heterocycles. The lowest BCUT2D eigenvalue weighted by atomic mass is 10.2. The van der Waals surface area contributed by atoms with Crippen LogP contribution >= 0.6 is 0 Å². The van der Waals surface area contributed by atoms with E-state index in [1.165, 1.54) is 24.0 Å². The Morgan fingerprint density at radius 1 is 1.18 bits per heavy atom. The van der Waals surface area contributed by atoms with E-state index in [1.807, 2.05) is 24.3 Å². The van der Waals surface area contributed by atoms with Crippen LogP contribution in [0.2, 0.25) is 0 Å². The minimum Gasteiger partial charge on any atom is -0.439 e. The summed E-state index contributed by atoms with van der Waals surface area (Å²) in [5.41, 5.74) is 2.44. The smallest absolute Gasteiger partial charge is 0.222 e. The van der Waals surface area contributed by atoms with Gasteiger partial charge in [0.25, 0.3) is 0 Å². The van der Waals surface area contributed by atoms with Crippen LogP contribution in [-0.4, -0.2) is 4.98 Å². The maximum Gasteiger partial charge on any atom is 0.222 e. The molecule has 3 rings (SSSR count). The first-order valence-corrected chi connectivity index (χ1v) is 6.02. The number of benzene rings is 1. The fourth-order valence-corrected chi connectivity index (χ4v) is 1.98. The zero-order chi connectivity index (χ0) is 11.7. The minimum absolute atomic E-state index is 0.656. The average Bonchev–Trinajstić information content (AvgIpc) is 3.14. The van der Waals surface area contributed by atoms with E-state index in [1.54, 1.807) is 6.20 Å². The largest absolute Gasteiger partial charge is 0.439 e. The third-order valence-electron chi connectivity index (χ3n) is 3.02. The summed E-state index contributed by atoms with van der Waals surface area (Å²) in [5, 5.41) is 0. The molecular formula is C15H15NO. The summed E-state index contributed by atoms with van der Waals surface area (Å²) < 4.78 is 5.88. The van der Waals surface area contributed by atoms with Crippen LogP contribution in [-0.2, 0) is 0 Å². The number of aryl methyl sites for hydroxylation is 1. The summed E-state index contributed by atoms with van der Waals surface area (Å²) in [6, 6.07) is 12.2. The van der Waals surface area contributed by atoms with Gasteiger partial charge in [0.05, 0.1) is 0 Å². The molecule has 0 saturated heterocycles. The molecule has 0 N–H and O–H groups in total. The van der Waals surface area contributed by atoms with Gasteiger partial charge in [0.15, 0.2) is 0 Å². The van der Waals surface area contributed by atoms with Gasteiger partial charge in [-0.1, -0.05) is 18.2 Å². The second kappa shape index (κ2) is 4.21. The van der Waals surface area contributed by atoms with Gasteiger partial charge in [0.1, 0.15) is 5.75 Å². The Bertz CT molecular complexity index is 532. The standard InChI is InChI=1S/C15H15NO/c1-11-4-2-5-13(10-11)17-15-14(12-7-8-12)6-3-9-16-15/h2-6,9-10,12H,7-8H2,1H3. The van der Waals surface area contributed by atoms with Crippen molar-refractivity contribution >= 4 is 0 Å². The second-order valence-electron chi connectivity index (χ2n) is 4.59. The lowest BCUT2D eigenvalue weighted by Crippen LogP contribution is -1.93. The summed E-state index contributed by atoms with van der Waals surface area (Å²) in [4.78, 5) is 4.34. The van der Waals surface area contributed by atoms with Crippen LogP contribution in [0.3, 0.4) is 0 Å². The van der Waals surface area contributed by atoms with Crippen molar-refractivity contribution in [2.45, 2.75) is 25.7 Å². The highest BCUT2D eigenvalue weighted by atomic mass is 16.5. The van der Waals surface area contributed by atoms with Crippen molar-refractivity contribution in [3.05, 3.63) is 53.7 Å². The fraction of sp³-hybridized carbons (Fsp3) is 0.267. The second-order valence-corrected chi connectivity index (χ2v) is 4.59. The van der Waals surface area contributed by atoms with E-state index >= 15 is 0 Å². The molecule has 1 aliphatic carbocycles. The van der Waals surface area contributed by atoms with Crippen molar-refractivity contribution in [2.75, 3.05) is 0 Å². The van der Waals surface area contributed by atoms with Gasteiger partial charge in [-0.3, -0.25) is 0 Å². The highest BCUT2D eigenvalue weighted by Crippen LogP contribution is 2.44. The Kier molecular flexibility index (Phi) is 2.56. The molecule has 2 heteroatoms. The average molecular weight is 225 g/mol. The Morgan fingerprint density at radius 3 is 2.82 bits per heavy atom. The van der Waals surface area contributed by atoms with Gasteiger partial charge in [-0.25, -0.2) is 4.98 Å². The van der Waals surface area contributed by atoms with E-state index in [-0.39, 0.29) is 0 Å². The van der Waals surface area contributed by atoms with Gasteiger partial charge in [-0.05, 0) is 49.4 Å². The lowest BCUT2D eigenvalue weighted by Gasteiger charge is -2.09. The van der Waals surface area contributed by atoms with E-state index in [4.69, 9.17) is 4.74 Å². The molecule has 0 aliphatic heterocycles. The SMILES string of the molecule is Cc1cccc(Oc2ncccc2C2CC2)c1. The van der Waals surface area contributed by atoms with Crippen molar-refractivity contribution in [1.82, 2.24) is 4.98 Å². The van der Waals surface area contributed by atoms with E-state index in [0.29, 0.717) is 5.92 Å². The molecular weight excluding hydrogens is 210 g/mol. The van der Waals surface area contributed by atoms with Crippen LogP contribution in [0.5, 0.6) is 11.6 Å². The molecule has 1 aliphatic rings. The first-order chi connectivity index (χ1) is 8.33. The topological polar surface area (TPSA) is 22.1 Å². The van der Waals surface area contributed by atoms with Crippen molar-refractivity contribution in [3.63, 3.8) is 0 Å². The fourth-order valence-electron chi connectivity index (χ4n) is 1.98. The quantitative estimate of drug-likeness (QED) is 0.785. The van der Waals surface area contributed by atoms with Crippen LogP contribution in [0.25, 0.3) is 0 Å². The molecule has 1 aromatic carbocycles. The van der Waals surface area contributed by atoms with Gasteiger partial charge in [-0.15, -0.1) is 0 Å². The molecule has 17 heavy (non-hydrogen) atoms. The molecule has 0 spiro atoms. The highest BCUT2D eigenvalue weighted by molar-refractivity contribution is 5.37. The van der Waals surface area contributed by atoms with Gasteiger partial charge in [-0.2, -0.15) is 0 Å². The van der Waals surface area contributed by atoms with E-state index < -0.39 is 0 Å². The predicted octanol–water partition coefficient (Wildman–Crippen LogP) is 4.06. The number of rotatable bonds is 3. The first kappa shape index (κ1) is 10.3. The predicted molar refractivity (Wildman–Crippen MR) is 67.5 cm³/mol. The molecule has 2 nitrogen and oxygen atoms in total. The Balaban J connectivity index is 1.89. The third-order valence-corrected chi connectivity index (χ3v) is 3.02. The molecule has 0 unspecified atom stereocenters. The Labute approximate surface area is 101 Å². The number of nitrogens with zero attached hydrogens (tertiary/aromatic N) is 1.